The van der Waals surface area contributed by atoms with Gasteiger partial charge in [0.05, 0.1) is 0 Å². The minimum absolute atomic E-state index is 0.319. The second-order valence-electron chi connectivity index (χ2n) is 5.65. The smallest absolute Gasteiger partial charge is 0.289 e. The summed E-state index contributed by atoms with van der Waals surface area (Å²) < 4.78 is 0. The van der Waals surface area contributed by atoms with E-state index in [1.54, 1.807) is 5.38 Å². The molecule has 3 rings (SSSR count). The van der Waals surface area contributed by atoms with E-state index >= 15 is 0 Å². The van der Waals surface area contributed by atoms with Gasteiger partial charge in [0.2, 0.25) is 0 Å². The normalized spacial score (nSPS) is 11.1. The van der Waals surface area contributed by atoms with E-state index in [1.807, 2.05) is 24.4 Å². The molecule has 0 aliphatic heterocycles. The van der Waals surface area contributed by atoms with E-state index in [0.29, 0.717) is 16.3 Å². The lowest BCUT2D eigenvalue weighted by atomic mass is 10.1. The molecular weight excluding hydrogens is 378 g/mol. The van der Waals surface area contributed by atoms with E-state index in [9.17, 15) is 10.1 Å². The van der Waals surface area contributed by atoms with E-state index in [1.165, 1.54) is 34.4 Å². The van der Waals surface area contributed by atoms with Crippen molar-refractivity contribution in [2.45, 2.75) is 20.3 Å². The molecule has 2 N–H and O–H groups in total. The van der Waals surface area contributed by atoms with Crippen molar-refractivity contribution in [2.75, 3.05) is 0 Å². The molecule has 0 aliphatic rings. The van der Waals surface area contributed by atoms with E-state index in [2.05, 4.69) is 45.9 Å². The molecule has 136 valence electrons. The first-order valence-electron chi connectivity index (χ1n) is 8.24. The predicted molar refractivity (Wildman–Crippen MR) is 108 cm³/mol. The van der Waals surface area contributed by atoms with Crippen LogP contribution < -0.4 is 10.9 Å². The Kier molecular flexibility index (Phi) is 5.96. The number of aryl methyl sites for hydroxylation is 2. The van der Waals surface area contributed by atoms with Crippen molar-refractivity contribution in [3.05, 3.63) is 63.2 Å². The van der Waals surface area contributed by atoms with Gasteiger partial charge in [0.1, 0.15) is 27.4 Å². The number of nitrogens with zero attached hydrogens (tertiary/aromatic N) is 3. The van der Waals surface area contributed by atoms with Crippen LogP contribution in [0, 0.1) is 18.3 Å². The Hall–Kier alpha value is -3.02. The molecule has 0 bridgehead atoms. The molecule has 3 aromatic rings. The molecule has 2 aromatic heterocycles. The molecule has 0 saturated carbocycles. The summed E-state index contributed by atoms with van der Waals surface area (Å²) in [7, 11) is 0. The highest BCUT2D eigenvalue weighted by Crippen LogP contribution is 2.24. The van der Waals surface area contributed by atoms with Crippen molar-refractivity contribution in [1.82, 2.24) is 20.8 Å². The van der Waals surface area contributed by atoms with Gasteiger partial charge in [0, 0.05) is 28.2 Å². The van der Waals surface area contributed by atoms with Crippen LogP contribution in [0.5, 0.6) is 0 Å². The summed E-state index contributed by atoms with van der Waals surface area (Å²) in [5.41, 5.74) is 8.94. The fraction of sp³-hybridized carbons (Fsp3) is 0.158. The van der Waals surface area contributed by atoms with Gasteiger partial charge in [-0.05, 0) is 18.9 Å². The highest BCUT2D eigenvalue weighted by atomic mass is 32.1. The van der Waals surface area contributed by atoms with Crippen molar-refractivity contribution in [3.8, 4) is 16.6 Å². The van der Waals surface area contributed by atoms with Crippen LogP contribution in [0.25, 0.3) is 16.1 Å². The van der Waals surface area contributed by atoms with E-state index < -0.39 is 0 Å². The third kappa shape index (κ3) is 4.58. The fourth-order valence-electron chi connectivity index (χ4n) is 2.25. The molecule has 2 heterocycles. The maximum absolute atomic E-state index is 12.2. The van der Waals surface area contributed by atoms with Gasteiger partial charge in [0.25, 0.3) is 5.91 Å². The number of amides is 1. The van der Waals surface area contributed by atoms with Gasteiger partial charge in [-0.3, -0.25) is 10.2 Å². The molecule has 0 aliphatic carbocycles. The molecule has 0 saturated heterocycles. The second-order valence-corrected chi connectivity index (χ2v) is 7.37. The maximum atomic E-state index is 12.2. The van der Waals surface area contributed by atoms with Crippen LogP contribution in [-0.4, -0.2) is 15.9 Å². The SMILES string of the molecule is CCc1ccc(-c2nc(C(=O)NN/C=C(\C#N)c3nc(C)cs3)cs2)cc1. The van der Waals surface area contributed by atoms with Crippen LogP contribution in [0.15, 0.2) is 41.2 Å². The molecule has 0 fully saturated rings. The summed E-state index contributed by atoms with van der Waals surface area (Å²) in [6.45, 7) is 3.97. The van der Waals surface area contributed by atoms with Crippen LogP contribution in [0.2, 0.25) is 0 Å². The summed E-state index contributed by atoms with van der Waals surface area (Å²) in [5, 5.41) is 14.2. The minimum atomic E-state index is -0.369. The van der Waals surface area contributed by atoms with Crippen LogP contribution in [0.4, 0.5) is 0 Å². The zero-order valence-electron chi connectivity index (χ0n) is 14.8. The monoisotopic (exact) mass is 395 g/mol. The highest BCUT2D eigenvalue weighted by Gasteiger charge is 2.12. The molecule has 8 heteroatoms. The standard InChI is InChI=1S/C19H17N5OS2/c1-3-13-4-6-14(7-5-13)18-23-16(11-27-18)17(25)24-21-9-15(8-20)19-22-12(2)10-26-19/h4-7,9-11,21H,3H2,1-2H3,(H,24,25)/b15-9+. The fourth-order valence-corrected chi connectivity index (χ4v) is 3.82. The number of nitrogens with one attached hydrogen (secondary N) is 2. The summed E-state index contributed by atoms with van der Waals surface area (Å²) in [5.74, 6) is -0.369. The lowest BCUT2D eigenvalue weighted by Crippen LogP contribution is -2.33. The van der Waals surface area contributed by atoms with Crippen molar-refractivity contribution in [3.63, 3.8) is 0 Å². The van der Waals surface area contributed by atoms with Gasteiger partial charge in [-0.25, -0.2) is 9.97 Å². The van der Waals surface area contributed by atoms with Crippen LogP contribution in [0.1, 0.15) is 33.7 Å². The molecule has 0 spiro atoms. The number of thiazole rings is 2. The molecule has 0 radical (unpaired) electrons. The number of benzene rings is 1. The van der Waals surface area contributed by atoms with Crippen LogP contribution >= 0.6 is 22.7 Å². The van der Waals surface area contributed by atoms with Gasteiger partial charge in [-0.1, -0.05) is 31.2 Å². The minimum Gasteiger partial charge on any atom is -0.304 e. The Bertz CT molecular complexity index is 1010. The van der Waals surface area contributed by atoms with Crippen LogP contribution in [0.3, 0.4) is 0 Å². The largest absolute Gasteiger partial charge is 0.304 e. The lowest BCUT2D eigenvalue weighted by molar-refractivity contribution is 0.0937. The van der Waals surface area contributed by atoms with Gasteiger partial charge < -0.3 is 5.43 Å². The number of hydrazine groups is 1. The Morgan fingerprint density at radius 2 is 2.00 bits per heavy atom. The molecule has 1 amide bonds. The maximum Gasteiger partial charge on any atom is 0.289 e. The number of aromatic nitrogens is 2. The van der Waals surface area contributed by atoms with Gasteiger partial charge in [0.15, 0.2) is 0 Å². The molecule has 1 aromatic carbocycles. The summed E-state index contributed by atoms with van der Waals surface area (Å²) >= 11 is 2.79. The number of hydrogen-bond acceptors (Lipinski definition) is 7. The Morgan fingerprint density at radius 1 is 1.22 bits per heavy atom. The molecule has 0 unspecified atom stereocenters. The first-order chi connectivity index (χ1) is 13.1. The third-order valence-corrected chi connectivity index (χ3v) is 5.60. The van der Waals surface area contributed by atoms with Crippen LogP contribution in [-0.2, 0) is 6.42 Å². The first-order valence-corrected chi connectivity index (χ1v) is 10.00. The second kappa shape index (κ2) is 8.58. The topological polar surface area (TPSA) is 90.7 Å². The Morgan fingerprint density at radius 3 is 2.63 bits per heavy atom. The number of hydrogen-bond donors (Lipinski definition) is 2. The average Bonchev–Trinajstić information content (AvgIpc) is 3.35. The third-order valence-electron chi connectivity index (χ3n) is 3.72. The number of nitriles is 1. The quantitative estimate of drug-likeness (QED) is 0.487. The number of allylic oxidation sites excluding steroid dienone is 1. The molecule has 6 nitrogen and oxygen atoms in total. The molecule has 0 atom stereocenters. The Balaban J connectivity index is 1.64. The van der Waals surface area contributed by atoms with E-state index in [0.717, 1.165) is 22.7 Å². The lowest BCUT2D eigenvalue weighted by Gasteiger charge is -2.02. The van der Waals surface area contributed by atoms with Crippen molar-refractivity contribution in [1.29, 1.82) is 5.26 Å². The highest BCUT2D eigenvalue weighted by molar-refractivity contribution is 7.13. The molecule has 27 heavy (non-hydrogen) atoms. The zero-order chi connectivity index (χ0) is 19.2. The number of carbonyl (C=O) groups excluding carboxylic acids is 1. The van der Waals surface area contributed by atoms with Gasteiger partial charge >= 0.3 is 0 Å². The number of carbonyl (C=O) groups is 1. The predicted octanol–water partition coefficient (Wildman–Crippen LogP) is 3.94. The van der Waals surface area contributed by atoms with Crippen molar-refractivity contribution >= 4 is 34.2 Å². The Labute approximate surface area is 165 Å². The van der Waals surface area contributed by atoms with Crippen molar-refractivity contribution in [2.24, 2.45) is 0 Å². The van der Waals surface area contributed by atoms with E-state index in [-0.39, 0.29) is 5.91 Å². The average molecular weight is 396 g/mol. The zero-order valence-corrected chi connectivity index (χ0v) is 16.4. The number of rotatable bonds is 6. The van der Waals surface area contributed by atoms with E-state index in [4.69, 9.17) is 0 Å². The summed E-state index contributed by atoms with van der Waals surface area (Å²) in [6.07, 6.45) is 2.41. The van der Waals surface area contributed by atoms with Crippen molar-refractivity contribution < 1.29 is 4.79 Å². The summed E-state index contributed by atoms with van der Waals surface area (Å²) in [4.78, 5) is 20.9. The molecular formula is C19H17N5OS2. The first kappa shape index (κ1) is 18.8. The van der Waals surface area contributed by atoms with Gasteiger partial charge in [-0.15, -0.1) is 22.7 Å². The summed E-state index contributed by atoms with van der Waals surface area (Å²) in [6, 6.07) is 10.2. The van der Waals surface area contributed by atoms with Gasteiger partial charge in [-0.2, -0.15) is 5.26 Å².